The topological polar surface area (TPSA) is 58.3 Å². The molecule has 0 unspecified atom stereocenters. The highest BCUT2D eigenvalue weighted by Gasteiger charge is 2.27. The molecule has 1 aliphatic carbocycles. The second-order valence-electron chi connectivity index (χ2n) is 3.87. The summed E-state index contributed by atoms with van der Waals surface area (Å²) in [5.41, 5.74) is 7.58. The standard InChI is InChI=1S/C11H16N2O/c12-9-3-1-8(2-4-9)7-13-10-5-6-11(10)14/h1-4,10-11,13-14H,5-7,12H2/t10-,11-/m1/s1. The van der Waals surface area contributed by atoms with Gasteiger partial charge in [-0.1, -0.05) is 12.1 Å². The summed E-state index contributed by atoms with van der Waals surface area (Å²) in [6.45, 7) is 0.808. The van der Waals surface area contributed by atoms with Gasteiger partial charge in [0.2, 0.25) is 0 Å². The Morgan fingerprint density at radius 3 is 2.50 bits per heavy atom. The van der Waals surface area contributed by atoms with Crippen LogP contribution in [0.5, 0.6) is 0 Å². The molecule has 14 heavy (non-hydrogen) atoms. The maximum atomic E-state index is 9.35. The zero-order valence-electron chi connectivity index (χ0n) is 8.11. The predicted molar refractivity (Wildman–Crippen MR) is 56.7 cm³/mol. The highest BCUT2D eigenvalue weighted by atomic mass is 16.3. The third kappa shape index (κ3) is 2.05. The van der Waals surface area contributed by atoms with E-state index in [1.165, 1.54) is 5.56 Å². The van der Waals surface area contributed by atoms with Gasteiger partial charge >= 0.3 is 0 Å². The van der Waals surface area contributed by atoms with E-state index >= 15 is 0 Å². The summed E-state index contributed by atoms with van der Waals surface area (Å²) >= 11 is 0. The lowest BCUT2D eigenvalue weighted by Gasteiger charge is -2.33. The Labute approximate surface area is 83.9 Å². The van der Waals surface area contributed by atoms with Crippen LogP contribution in [0.15, 0.2) is 24.3 Å². The molecule has 3 nitrogen and oxygen atoms in total. The number of hydrogen-bond donors (Lipinski definition) is 3. The van der Waals surface area contributed by atoms with E-state index in [1.54, 1.807) is 0 Å². The molecule has 0 aromatic heterocycles. The van der Waals surface area contributed by atoms with Crippen LogP contribution in [0.4, 0.5) is 5.69 Å². The zero-order chi connectivity index (χ0) is 9.97. The molecule has 1 fully saturated rings. The molecule has 0 radical (unpaired) electrons. The van der Waals surface area contributed by atoms with Gasteiger partial charge in [-0.2, -0.15) is 0 Å². The molecule has 0 heterocycles. The molecule has 1 aromatic rings. The summed E-state index contributed by atoms with van der Waals surface area (Å²) < 4.78 is 0. The lowest BCUT2D eigenvalue weighted by molar-refractivity contribution is 0.0493. The first kappa shape index (κ1) is 9.49. The first-order chi connectivity index (χ1) is 6.75. The number of rotatable bonds is 3. The van der Waals surface area contributed by atoms with E-state index in [1.807, 2.05) is 24.3 Å². The summed E-state index contributed by atoms with van der Waals surface area (Å²) in [6, 6.07) is 8.09. The first-order valence-corrected chi connectivity index (χ1v) is 5.01. The van der Waals surface area contributed by atoms with Crippen LogP contribution in [-0.2, 0) is 6.54 Å². The first-order valence-electron chi connectivity index (χ1n) is 5.01. The Morgan fingerprint density at radius 1 is 1.29 bits per heavy atom. The van der Waals surface area contributed by atoms with E-state index < -0.39 is 0 Å². The lowest BCUT2D eigenvalue weighted by Crippen LogP contribution is -2.47. The number of aliphatic hydroxyl groups is 1. The van der Waals surface area contributed by atoms with Crippen LogP contribution >= 0.6 is 0 Å². The second kappa shape index (κ2) is 3.98. The number of nitrogens with two attached hydrogens (primary N) is 1. The Balaban J connectivity index is 1.83. The fourth-order valence-electron chi connectivity index (χ4n) is 1.60. The molecule has 0 saturated heterocycles. The van der Waals surface area contributed by atoms with Crippen molar-refractivity contribution in [2.24, 2.45) is 0 Å². The van der Waals surface area contributed by atoms with Crippen LogP contribution in [0.3, 0.4) is 0 Å². The molecule has 4 N–H and O–H groups in total. The number of aliphatic hydroxyl groups excluding tert-OH is 1. The molecule has 76 valence electrons. The van der Waals surface area contributed by atoms with Crippen molar-refractivity contribution >= 4 is 5.69 Å². The average Bonchev–Trinajstić information content (AvgIpc) is 2.19. The SMILES string of the molecule is Nc1ccc(CN[C@@H]2CC[C@H]2O)cc1. The molecule has 0 bridgehead atoms. The number of anilines is 1. The van der Waals surface area contributed by atoms with Crippen LogP contribution in [-0.4, -0.2) is 17.3 Å². The molecule has 0 spiro atoms. The summed E-state index contributed by atoms with van der Waals surface area (Å²) in [4.78, 5) is 0. The molecule has 2 rings (SSSR count). The normalized spacial score (nSPS) is 25.8. The van der Waals surface area contributed by atoms with Crippen LogP contribution in [0, 0.1) is 0 Å². The van der Waals surface area contributed by atoms with Gasteiger partial charge < -0.3 is 16.2 Å². The lowest BCUT2D eigenvalue weighted by atomic mass is 9.89. The van der Waals surface area contributed by atoms with Gasteiger partial charge in [-0.15, -0.1) is 0 Å². The van der Waals surface area contributed by atoms with Crippen molar-refractivity contribution in [2.45, 2.75) is 31.5 Å². The van der Waals surface area contributed by atoms with Gasteiger partial charge in [0.1, 0.15) is 0 Å². The van der Waals surface area contributed by atoms with Gasteiger partial charge in [-0.05, 0) is 30.5 Å². The van der Waals surface area contributed by atoms with Crippen LogP contribution in [0.25, 0.3) is 0 Å². The number of nitrogens with one attached hydrogen (secondary N) is 1. The fourth-order valence-corrected chi connectivity index (χ4v) is 1.60. The zero-order valence-corrected chi connectivity index (χ0v) is 8.11. The Hall–Kier alpha value is -1.06. The Bertz CT molecular complexity index is 297. The third-order valence-electron chi connectivity index (χ3n) is 2.79. The van der Waals surface area contributed by atoms with Gasteiger partial charge in [0.15, 0.2) is 0 Å². The van der Waals surface area contributed by atoms with Crippen LogP contribution in [0.1, 0.15) is 18.4 Å². The Kier molecular flexibility index (Phi) is 2.70. The average molecular weight is 192 g/mol. The van der Waals surface area contributed by atoms with Gasteiger partial charge in [0.25, 0.3) is 0 Å². The second-order valence-corrected chi connectivity index (χ2v) is 3.87. The highest BCUT2D eigenvalue weighted by molar-refractivity contribution is 5.39. The van der Waals surface area contributed by atoms with Crippen molar-refractivity contribution in [3.8, 4) is 0 Å². The van der Waals surface area contributed by atoms with E-state index in [4.69, 9.17) is 5.73 Å². The van der Waals surface area contributed by atoms with Gasteiger partial charge in [0.05, 0.1) is 6.10 Å². The summed E-state index contributed by atoms with van der Waals surface area (Å²) in [5.74, 6) is 0. The molecule has 3 heteroatoms. The monoisotopic (exact) mass is 192 g/mol. The summed E-state index contributed by atoms with van der Waals surface area (Å²) in [6.07, 6.45) is 1.86. The fraction of sp³-hybridized carbons (Fsp3) is 0.455. The Morgan fingerprint density at radius 2 is 2.00 bits per heavy atom. The minimum absolute atomic E-state index is 0.149. The van der Waals surface area contributed by atoms with E-state index in [9.17, 15) is 5.11 Å². The van der Waals surface area contributed by atoms with Gasteiger partial charge in [-0.25, -0.2) is 0 Å². The molecular weight excluding hydrogens is 176 g/mol. The molecule has 1 aliphatic rings. The van der Waals surface area contributed by atoms with E-state index in [0.29, 0.717) is 0 Å². The van der Waals surface area contributed by atoms with E-state index in [0.717, 1.165) is 25.1 Å². The van der Waals surface area contributed by atoms with Gasteiger partial charge in [0, 0.05) is 18.3 Å². The number of benzene rings is 1. The molecule has 0 aliphatic heterocycles. The molecule has 1 aromatic carbocycles. The van der Waals surface area contributed by atoms with Crippen molar-refractivity contribution in [3.05, 3.63) is 29.8 Å². The van der Waals surface area contributed by atoms with Crippen molar-refractivity contribution < 1.29 is 5.11 Å². The molecular formula is C11H16N2O. The number of hydrogen-bond acceptors (Lipinski definition) is 3. The van der Waals surface area contributed by atoms with E-state index in [-0.39, 0.29) is 12.1 Å². The smallest absolute Gasteiger partial charge is 0.0693 e. The maximum absolute atomic E-state index is 9.35. The largest absolute Gasteiger partial charge is 0.399 e. The van der Waals surface area contributed by atoms with Crippen LogP contribution in [0.2, 0.25) is 0 Å². The maximum Gasteiger partial charge on any atom is 0.0693 e. The van der Waals surface area contributed by atoms with Crippen LogP contribution < -0.4 is 11.1 Å². The summed E-state index contributed by atoms with van der Waals surface area (Å²) in [5, 5.41) is 12.7. The minimum Gasteiger partial charge on any atom is -0.399 e. The number of nitrogen functional groups attached to an aromatic ring is 1. The molecule has 0 amide bonds. The quantitative estimate of drug-likeness (QED) is 0.623. The predicted octanol–water partition coefficient (Wildman–Crippen LogP) is 0.882. The van der Waals surface area contributed by atoms with Crippen molar-refractivity contribution in [2.75, 3.05) is 5.73 Å². The third-order valence-corrected chi connectivity index (χ3v) is 2.79. The highest BCUT2D eigenvalue weighted by Crippen LogP contribution is 2.19. The minimum atomic E-state index is -0.149. The molecule has 1 saturated carbocycles. The van der Waals surface area contributed by atoms with Crippen molar-refractivity contribution in [1.82, 2.24) is 5.32 Å². The summed E-state index contributed by atoms with van der Waals surface area (Å²) in [7, 11) is 0. The van der Waals surface area contributed by atoms with Crippen molar-refractivity contribution in [3.63, 3.8) is 0 Å². The molecule has 2 atom stereocenters. The van der Waals surface area contributed by atoms with Crippen molar-refractivity contribution in [1.29, 1.82) is 0 Å². The van der Waals surface area contributed by atoms with Gasteiger partial charge in [-0.3, -0.25) is 0 Å². The van der Waals surface area contributed by atoms with E-state index in [2.05, 4.69) is 5.32 Å².